The third kappa shape index (κ3) is 10.8. The predicted molar refractivity (Wildman–Crippen MR) is 242 cm³/mol. The van der Waals surface area contributed by atoms with Gasteiger partial charge in [0.05, 0.1) is 12.3 Å². The molecule has 0 aliphatic carbocycles. The highest BCUT2D eigenvalue weighted by Gasteiger charge is 2.44. The Morgan fingerprint density at radius 2 is 1.11 bits per heavy atom. The number of nitrogens with zero attached hydrogens (tertiary/aromatic N) is 3. The summed E-state index contributed by atoms with van der Waals surface area (Å²) in [6, 6.07) is 9.61. The van der Waals surface area contributed by atoms with Gasteiger partial charge in [0.15, 0.2) is 0 Å². The number of aromatic nitrogens is 1. The summed E-state index contributed by atoms with van der Waals surface area (Å²) in [5.74, 6) is -3.50. The summed E-state index contributed by atoms with van der Waals surface area (Å²) in [6.45, 7) is 7.86. The maximum absolute atomic E-state index is 14.9. The number of H-pyrrole nitrogens is 1. The fourth-order valence-corrected chi connectivity index (χ4v) is 9.97. The number of carbonyl (C=O) groups excluding carboxylic acids is 7. The molecule has 0 radical (unpaired) electrons. The number of aromatic amines is 1. The molecule has 4 aliphatic heterocycles. The van der Waals surface area contributed by atoms with Crippen molar-refractivity contribution in [2.75, 3.05) is 19.6 Å². The molecule has 4 fully saturated rings. The van der Waals surface area contributed by atoms with E-state index in [0.29, 0.717) is 44.9 Å². The zero-order valence-corrected chi connectivity index (χ0v) is 37.9. The van der Waals surface area contributed by atoms with Gasteiger partial charge in [-0.25, -0.2) is 0 Å². The smallest absolute Gasteiger partial charge is 0.246 e. The van der Waals surface area contributed by atoms with Gasteiger partial charge in [-0.2, -0.15) is 0 Å². The molecule has 4 aliphatic rings. The molecule has 7 rings (SSSR count). The van der Waals surface area contributed by atoms with Gasteiger partial charge in [-0.15, -0.1) is 0 Å². The summed E-state index contributed by atoms with van der Waals surface area (Å²) in [5, 5.41) is 26.8. The summed E-state index contributed by atoms with van der Waals surface area (Å²) in [4.78, 5) is 109. The van der Waals surface area contributed by atoms with Gasteiger partial charge < -0.3 is 46.1 Å². The van der Waals surface area contributed by atoms with Crippen molar-refractivity contribution in [3.63, 3.8) is 0 Å². The lowest BCUT2D eigenvalue weighted by Gasteiger charge is -2.33. The van der Waals surface area contributed by atoms with Gasteiger partial charge in [-0.1, -0.05) is 69.3 Å². The van der Waals surface area contributed by atoms with E-state index in [0.717, 1.165) is 22.0 Å². The van der Waals surface area contributed by atoms with Gasteiger partial charge in [0.25, 0.3) is 0 Å². The first-order valence-electron chi connectivity index (χ1n) is 23.4. The maximum Gasteiger partial charge on any atom is 0.246 e. The highest BCUT2D eigenvalue weighted by atomic mass is 16.3. The Labute approximate surface area is 380 Å². The molecule has 17 heteroatoms. The highest BCUT2D eigenvalue weighted by molar-refractivity contribution is 5.98. The minimum atomic E-state index is -1.25. The molecule has 1 aromatic heterocycles. The first-order valence-corrected chi connectivity index (χ1v) is 23.4. The topological polar surface area (TPSA) is 225 Å². The van der Waals surface area contributed by atoms with Crippen molar-refractivity contribution in [3.05, 3.63) is 71.9 Å². The molecule has 5 heterocycles. The number of aliphatic hydroxyl groups excluding tert-OH is 1. The number of hydrogen-bond donors (Lipinski definition) is 7. The third-order valence-electron chi connectivity index (χ3n) is 13.3. The maximum atomic E-state index is 14.9. The first kappa shape index (κ1) is 47.2. The van der Waals surface area contributed by atoms with E-state index in [9.17, 15) is 38.7 Å². The standard InChI is InChI=1S/C48H65N9O8/c1-5-33-46(63)55-21-11-18-37(55)43(60)52-36(26-31-27-49-34-17-10-9-16-32(31)34)48(65)56-22-12-19-38(56)42(59)51-35(25-30-14-7-6-8-15-30)47(64)57-23-13-20-39(57)44(61)54-40(24-28(2)3)53-41(29(4)58)45(62)50-33/h6-10,14-17,27-29,33,35-41,49,53,58H,5,11-13,18-26H2,1-4H3,(H,50,62)(H,51,59)(H,52,60)(H,54,61)/t29-,33+,35+,36+,37+,38+,39+,40+,41+/m1/s1. The molecular weight excluding hydrogens is 831 g/mol. The van der Waals surface area contributed by atoms with Crippen LogP contribution in [0.15, 0.2) is 60.8 Å². The number of aliphatic hydroxyl groups is 1. The number of amides is 7. The van der Waals surface area contributed by atoms with Crippen molar-refractivity contribution in [2.45, 2.75) is 146 Å². The lowest BCUT2D eigenvalue weighted by molar-refractivity contribution is -0.145. The molecule has 0 bridgehead atoms. The molecule has 7 amide bonds. The molecule has 0 spiro atoms. The number of benzene rings is 2. The number of nitrogens with one attached hydrogen (secondary N) is 6. The van der Waals surface area contributed by atoms with Crippen LogP contribution < -0.4 is 26.6 Å². The summed E-state index contributed by atoms with van der Waals surface area (Å²) in [7, 11) is 0. The normalized spacial score (nSPS) is 28.4. The number of para-hydroxylation sites is 1. The van der Waals surface area contributed by atoms with E-state index in [1.165, 1.54) is 21.6 Å². The molecule has 0 unspecified atom stereocenters. The summed E-state index contributed by atoms with van der Waals surface area (Å²) < 4.78 is 0. The van der Waals surface area contributed by atoms with Gasteiger partial charge in [-0.3, -0.25) is 38.9 Å². The molecule has 9 atom stereocenters. The van der Waals surface area contributed by atoms with Gasteiger partial charge >= 0.3 is 0 Å². The summed E-state index contributed by atoms with van der Waals surface area (Å²) >= 11 is 0. The van der Waals surface area contributed by atoms with Crippen molar-refractivity contribution in [1.29, 1.82) is 0 Å². The zero-order chi connectivity index (χ0) is 46.4. The molecule has 3 aromatic rings. The van der Waals surface area contributed by atoms with E-state index in [4.69, 9.17) is 0 Å². The second-order valence-corrected chi connectivity index (χ2v) is 18.5. The van der Waals surface area contributed by atoms with Crippen molar-refractivity contribution >= 4 is 52.3 Å². The molecule has 65 heavy (non-hydrogen) atoms. The Morgan fingerprint density at radius 3 is 1.65 bits per heavy atom. The van der Waals surface area contributed by atoms with Crippen LogP contribution in [0.4, 0.5) is 0 Å². The van der Waals surface area contributed by atoms with Crippen LogP contribution in [0.3, 0.4) is 0 Å². The van der Waals surface area contributed by atoms with Crippen molar-refractivity contribution in [1.82, 2.24) is 46.3 Å². The summed E-state index contributed by atoms with van der Waals surface area (Å²) in [6.07, 6.45) is 3.11. The van der Waals surface area contributed by atoms with Gasteiger partial charge in [-0.05, 0) is 81.4 Å². The van der Waals surface area contributed by atoms with Crippen LogP contribution in [0.1, 0.15) is 90.2 Å². The molecular formula is C48H65N9O8. The Morgan fingerprint density at radius 1 is 0.615 bits per heavy atom. The second kappa shape index (κ2) is 21.0. The van der Waals surface area contributed by atoms with E-state index in [1.807, 2.05) is 68.4 Å². The minimum Gasteiger partial charge on any atom is -0.391 e. The van der Waals surface area contributed by atoms with Crippen LogP contribution in [-0.4, -0.2) is 140 Å². The van der Waals surface area contributed by atoms with Crippen LogP contribution in [0.2, 0.25) is 0 Å². The second-order valence-electron chi connectivity index (χ2n) is 18.5. The van der Waals surface area contributed by atoms with Gasteiger partial charge in [0.2, 0.25) is 41.4 Å². The largest absolute Gasteiger partial charge is 0.391 e. The van der Waals surface area contributed by atoms with E-state index in [2.05, 4.69) is 31.6 Å². The van der Waals surface area contributed by atoms with Crippen molar-refractivity contribution in [3.8, 4) is 0 Å². The zero-order valence-electron chi connectivity index (χ0n) is 37.9. The monoisotopic (exact) mass is 895 g/mol. The molecule has 7 N–H and O–H groups in total. The Balaban J connectivity index is 1.26. The SMILES string of the molecule is CC[C@@H]1NC(=O)[C@H]([C@@H](C)O)N[C@H](CC(C)C)NC(=O)[C@@H]2CCCN2C(=O)[C@H](Cc2ccccc2)NC(=O)[C@@H]2CCCN2C(=O)[C@H](Cc2c[nH]c3ccccc23)NC(=O)[C@@H]2CCCN2C1=O. The van der Waals surface area contributed by atoms with E-state index in [1.54, 1.807) is 13.1 Å². The molecule has 17 nitrogen and oxygen atoms in total. The third-order valence-corrected chi connectivity index (χ3v) is 13.3. The lowest BCUT2D eigenvalue weighted by atomic mass is 10.0. The fraction of sp³-hybridized carbons (Fsp3) is 0.562. The lowest BCUT2D eigenvalue weighted by Crippen LogP contribution is -2.62. The average Bonchev–Trinajstić information content (AvgIpc) is 4.13. The number of hydrogen-bond acceptors (Lipinski definition) is 9. The van der Waals surface area contributed by atoms with E-state index in [-0.39, 0.29) is 44.8 Å². The van der Waals surface area contributed by atoms with Crippen LogP contribution in [-0.2, 0) is 46.4 Å². The fourth-order valence-electron chi connectivity index (χ4n) is 9.97. The Kier molecular flexibility index (Phi) is 15.2. The van der Waals surface area contributed by atoms with E-state index >= 15 is 0 Å². The quantitative estimate of drug-likeness (QED) is 0.174. The van der Waals surface area contributed by atoms with Crippen LogP contribution in [0, 0.1) is 5.92 Å². The highest BCUT2D eigenvalue weighted by Crippen LogP contribution is 2.26. The molecule has 350 valence electrons. The molecule has 4 saturated heterocycles. The number of rotatable bonds is 8. The Bertz CT molecular complexity index is 2210. The average molecular weight is 896 g/mol. The van der Waals surface area contributed by atoms with Gasteiger partial charge in [0.1, 0.15) is 42.3 Å². The van der Waals surface area contributed by atoms with Crippen LogP contribution >= 0.6 is 0 Å². The van der Waals surface area contributed by atoms with Crippen LogP contribution in [0.25, 0.3) is 10.9 Å². The van der Waals surface area contributed by atoms with Crippen LogP contribution in [0.5, 0.6) is 0 Å². The van der Waals surface area contributed by atoms with Gasteiger partial charge in [0, 0.05) is 49.6 Å². The molecule has 0 saturated carbocycles. The van der Waals surface area contributed by atoms with Crippen molar-refractivity contribution in [2.24, 2.45) is 5.92 Å². The summed E-state index contributed by atoms with van der Waals surface area (Å²) in [5.41, 5.74) is 2.42. The number of fused-ring (bicyclic) bond motifs is 4. The number of carbonyl (C=O) groups is 7. The first-order chi connectivity index (χ1) is 31.2. The minimum absolute atomic E-state index is 0.0344. The Hall–Kier alpha value is -5.81. The predicted octanol–water partition coefficient (Wildman–Crippen LogP) is 1.63. The van der Waals surface area contributed by atoms with E-state index < -0.39 is 95.9 Å². The molecule has 2 aromatic carbocycles. The van der Waals surface area contributed by atoms with Crippen molar-refractivity contribution < 1.29 is 38.7 Å².